The molecule has 7 nitrogen and oxygen atoms in total. The Morgan fingerprint density at radius 2 is 1.70 bits per heavy atom. The maximum Gasteiger partial charge on any atom is 0.330 e. The molecule has 3 aromatic heterocycles. The van der Waals surface area contributed by atoms with Crippen molar-refractivity contribution in [2.24, 2.45) is 14.1 Å². The molecular weight excluding hydrogens is 344 g/mol. The zero-order valence-electron chi connectivity index (χ0n) is 15.2. The van der Waals surface area contributed by atoms with E-state index in [1.165, 1.54) is 11.6 Å². The summed E-state index contributed by atoms with van der Waals surface area (Å²) < 4.78 is 9.68. The molecule has 0 unspecified atom stereocenters. The third kappa shape index (κ3) is 2.55. The lowest BCUT2D eigenvalue weighted by Crippen LogP contribution is -2.36. The first-order chi connectivity index (χ1) is 13.0. The molecule has 1 aromatic carbocycles. The number of methoxy groups -OCH3 is 1. The van der Waals surface area contributed by atoms with Crippen LogP contribution in [0.3, 0.4) is 0 Å². The molecule has 0 atom stereocenters. The van der Waals surface area contributed by atoms with Crippen molar-refractivity contribution in [3.8, 4) is 22.8 Å². The summed E-state index contributed by atoms with van der Waals surface area (Å²) in [6, 6.07) is 13.0. The average Bonchev–Trinajstić information content (AvgIpc) is 3.12. The van der Waals surface area contributed by atoms with Gasteiger partial charge in [0, 0.05) is 26.5 Å². The highest BCUT2D eigenvalue weighted by Crippen LogP contribution is 2.31. The predicted octanol–water partition coefficient (Wildman–Crippen LogP) is 2.10. The topological polar surface area (TPSA) is 71.0 Å². The van der Waals surface area contributed by atoms with Gasteiger partial charge in [0.05, 0.1) is 23.7 Å². The van der Waals surface area contributed by atoms with E-state index in [0.29, 0.717) is 22.4 Å². The number of benzene rings is 1. The highest BCUT2D eigenvalue weighted by atomic mass is 16.5. The van der Waals surface area contributed by atoms with Crippen LogP contribution in [-0.4, -0.2) is 25.8 Å². The first-order valence-electron chi connectivity index (χ1n) is 8.40. The van der Waals surface area contributed by atoms with Crippen LogP contribution in [0.5, 0.6) is 5.75 Å². The first kappa shape index (κ1) is 16.8. The Balaban J connectivity index is 2.16. The molecule has 0 spiro atoms. The van der Waals surface area contributed by atoms with Crippen LogP contribution in [0.1, 0.15) is 0 Å². The van der Waals surface area contributed by atoms with Gasteiger partial charge in [-0.15, -0.1) is 0 Å². The Morgan fingerprint density at radius 3 is 2.33 bits per heavy atom. The van der Waals surface area contributed by atoms with Crippen LogP contribution in [-0.2, 0) is 14.1 Å². The van der Waals surface area contributed by atoms with Crippen LogP contribution in [0.2, 0.25) is 0 Å². The summed E-state index contributed by atoms with van der Waals surface area (Å²) in [6.07, 6.45) is 3.47. The molecule has 0 aliphatic rings. The Kier molecular flexibility index (Phi) is 3.92. The minimum atomic E-state index is -0.369. The lowest BCUT2D eigenvalue weighted by molar-refractivity contribution is 0.415. The Bertz CT molecular complexity index is 1250. The number of nitrogens with zero attached hydrogens (tertiary/aromatic N) is 4. The van der Waals surface area contributed by atoms with Gasteiger partial charge < -0.3 is 4.74 Å². The predicted molar refractivity (Wildman–Crippen MR) is 104 cm³/mol. The second-order valence-corrected chi connectivity index (χ2v) is 6.23. The van der Waals surface area contributed by atoms with Gasteiger partial charge in [0.15, 0.2) is 0 Å². The molecule has 0 saturated heterocycles. The lowest BCUT2D eigenvalue weighted by Gasteiger charge is -2.10. The van der Waals surface area contributed by atoms with E-state index in [2.05, 4.69) is 4.98 Å². The van der Waals surface area contributed by atoms with Gasteiger partial charge in [-0.25, -0.2) is 9.78 Å². The summed E-state index contributed by atoms with van der Waals surface area (Å²) in [6.45, 7) is 0. The van der Waals surface area contributed by atoms with Crippen LogP contribution >= 0.6 is 0 Å². The fraction of sp³-hybridized carbons (Fsp3) is 0.150. The van der Waals surface area contributed by atoms with Crippen LogP contribution in [0.25, 0.3) is 28.0 Å². The molecule has 0 N–H and O–H groups in total. The molecular formula is C20H18N4O3. The van der Waals surface area contributed by atoms with Gasteiger partial charge in [0.1, 0.15) is 11.6 Å². The summed E-state index contributed by atoms with van der Waals surface area (Å²) >= 11 is 0. The maximum atomic E-state index is 13.0. The SMILES string of the molecule is COc1ccc(-c2c3c(=O)n(C)c(=O)n(C)c3cn2-c2ccccn2)cc1. The van der Waals surface area contributed by atoms with E-state index in [-0.39, 0.29) is 11.2 Å². The first-order valence-corrected chi connectivity index (χ1v) is 8.40. The Labute approximate surface area is 154 Å². The number of fused-ring (bicyclic) bond motifs is 1. The smallest absolute Gasteiger partial charge is 0.330 e. The van der Waals surface area contributed by atoms with Gasteiger partial charge in [-0.2, -0.15) is 0 Å². The summed E-state index contributed by atoms with van der Waals surface area (Å²) in [4.78, 5) is 29.7. The van der Waals surface area contributed by atoms with Crippen molar-refractivity contribution in [2.45, 2.75) is 0 Å². The molecule has 0 saturated carbocycles. The second-order valence-electron chi connectivity index (χ2n) is 6.23. The van der Waals surface area contributed by atoms with Crippen molar-refractivity contribution in [1.29, 1.82) is 0 Å². The number of aromatic nitrogens is 4. The van der Waals surface area contributed by atoms with Gasteiger partial charge in [0.25, 0.3) is 5.56 Å². The fourth-order valence-corrected chi connectivity index (χ4v) is 3.25. The van der Waals surface area contributed by atoms with Crippen molar-refractivity contribution in [1.82, 2.24) is 18.7 Å². The summed E-state index contributed by atoms with van der Waals surface area (Å²) in [7, 11) is 4.75. The summed E-state index contributed by atoms with van der Waals surface area (Å²) in [5.41, 5.74) is 1.36. The minimum absolute atomic E-state index is 0.339. The number of aryl methyl sites for hydroxylation is 1. The monoisotopic (exact) mass is 362 g/mol. The summed E-state index contributed by atoms with van der Waals surface area (Å²) in [5, 5.41) is 0.468. The Hall–Kier alpha value is -3.61. The van der Waals surface area contributed by atoms with Gasteiger partial charge in [-0.05, 0) is 42.0 Å². The quantitative estimate of drug-likeness (QED) is 0.560. The maximum absolute atomic E-state index is 13.0. The molecule has 4 rings (SSSR count). The molecule has 0 aliphatic carbocycles. The van der Waals surface area contributed by atoms with E-state index < -0.39 is 0 Å². The van der Waals surface area contributed by atoms with Gasteiger partial charge in [-0.3, -0.25) is 18.5 Å². The molecule has 27 heavy (non-hydrogen) atoms. The normalized spacial score (nSPS) is 11.1. The second kappa shape index (κ2) is 6.28. The highest BCUT2D eigenvalue weighted by Gasteiger charge is 2.20. The zero-order chi connectivity index (χ0) is 19.1. The Morgan fingerprint density at radius 1 is 0.963 bits per heavy atom. The number of pyridine rings is 1. The van der Waals surface area contributed by atoms with Crippen LogP contribution in [0.4, 0.5) is 0 Å². The molecule has 0 amide bonds. The zero-order valence-corrected chi connectivity index (χ0v) is 15.2. The minimum Gasteiger partial charge on any atom is -0.497 e. The third-order valence-corrected chi connectivity index (χ3v) is 4.70. The van der Waals surface area contributed by atoms with Crippen molar-refractivity contribution in [3.63, 3.8) is 0 Å². The van der Waals surface area contributed by atoms with E-state index in [1.807, 2.05) is 47.0 Å². The molecule has 0 aliphatic heterocycles. The van der Waals surface area contributed by atoms with Crippen LogP contribution in [0, 0.1) is 0 Å². The van der Waals surface area contributed by atoms with Crippen LogP contribution in [0.15, 0.2) is 64.4 Å². The van der Waals surface area contributed by atoms with Crippen molar-refractivity contribution in [2.75, 3.05) is 7.11 Å². The van der Waals surface area contributed by atoms with E-state index in [4.69, 9.17) is 4.74 Å². The van der Waals surface area contributed by atoms with Crippen LogP contribution < -0.4 is 16.0 Å². The third-order valence-electron chi connectivity index (χ3n) is 4.70. The molecule has 0 fully saturated rings. The lowest BCUT2D eigenvalue weighted by atomic mass is 10.1. The number of ether oxygens (including phenoxy) is 1. The van der Waals surface area contributed by atoms with E-state index in [0.717, 1.165) is 15.9 Å². The molecule has 136 valence electrons. The van der Waals surface area contributed by atoms with Gasteiger partial charge in [0.2, 0.25) is 0 Å². The summed E-state index contributed by atoms with van der Waals surface area (Å²) in [5.74, 6) is 1.38. The standard InChI is InChI=1S/C20H18N4O3/c1-22-15-12-24(16-6-4-5-11-21-16)18(13-7-9-14(27-3)10-8-13)17(15)19(25)23(2)20(22)26/h4-12H,1-3H3. The van der Waals surface area contributed by atoms with Gasteiger partial charge >= 0.3 is 5.69 Å². The van der Waals surface area contributed by atoms with Crippen molar-refractivity contribution < 1.29 is 4.74 Å². The highest BCUT2D eigenvalue weighted by molar-refractivity contribution is 5.94. The van der Waals surface area contributed by atoms with Gasteiger partial charge in [-0.1, -0.05) is 6.07 Å². The van der Waals surface area contributed by atoms with E-state index in [9.17, 15) is 9.59 Å². The molecule has 4 aromatic rings. The molecule has 0 bridgehead atoms. The fourth-order valence-electron chi connectivity index (χ4n) is 3.25. The number of rotatable bonds is 3. The van der Waals surface area contributed by atoms with Crippen molar-refractivity contribution >= 4 is 10.9 Å². The van der Waals surface area contributed by atoms with Crippen molar-refractivity contribution in [3.05, 3.63) is 75.7 Å². The van der Waals surface area contributed by atoms with E-state index >= 15 is 0 Å². The number of hydrogen-bond acceptors (Lipinski definition) is 4. The largest absolute Gasteiger partial charge is 0.497 e. The molecule has 7 heteroatoms. The molecule has 0 radical (unpaired) electrons. The average molecular weight is 362 g/mol. The van der Waals surface area contributed by atoms with E-state index in [1.54, 1.807) is 26.6 Å². The number of hydrogen-bond donors (Lipinski definition) is 0. The molecule has 3 heterocycles.